The fourth-order valence-electron chi connectivity index (χ4n) is 3.82. The van der Waals surface area contributed by atoms with Gasteiger partial charge in [-0.3, -0.25) is 9.59 Å². The SMILES string of the molecule is O=C(O)CC(=O)O.[KH].[Li][CH2]C(CCCCCCCCCC)CCCCCCCCCC. The third-order valence-electron chi connectivity index (χ3n) is 5.81. The topological polar surface area (TPSA) is 74.6 Å². The van der Waals surface area contributed by atoms with Crippen LogP contribution in [0.25, 0.3) is 0 Å². The molecule has 0 aromatic rings. The molecule has 0 atom stereocenters. The number of unbranched alkanes of at least 4 members (excludes halogenated alkanes) is 14. The maximum absolute atomic E-state index is 9.43. The number of carbonyl (C=O) groups is 2. The molecule has 0 aliphatic rings. The number of hydrogen-bond acceptors (Lipinski definition) is 2. The van der Waals surface area contributed by atoms with Crippen molar-refractivity contribution in [3.8, 4) is 0 Å². The Kier molecular flexibility index (Phi) is 36.9. The number of hydrogen-bond donors (Lipinski definition) is 2. The quantitative estimate of drug-likeness (QED) is 0.108. The van der Waals surface area contributed by atoms with Crippen molar-refractivity contribution in [1.29, 1.82) is 0 Å². The number of carboxylic acid groups (broad SMARTS) is 2. The van der Waals surface area contributed by atoms with Gasteiger partial charge in [0.2, 0.25) is 0 Å². The maximum atomic E-state index is 9.43. The second kappa shape index (κ2) is 31.2. The number of aliphatic carboxylic acids is 2. The summed E-state index contributed by atoms with van der Waals surface area (Å²) in [6.07, 6.45) is 25.6. The second-order valence-electron chi connectivity index (χ2n) is 8.77. The Bertz CT molecular complexity index is 349. The van der Waals surface area contributed by atoms with Crippen LogP contribution in [0.4, 0.5) is 0 Å². The van der Waals surface area contributed by atoms with Gasteiger partial charge >= 0.3 is 221 Å². The standard InChI is InChI=1S/C22H45.C3H4O4.K.Li.H/c1-4-6-8-10-12-14-16-18-20-22(3)21-19-17-15-13-11-9-7-5-2;4-2(5)1-3(6)7;;;/h22H,3-21H2,1-2H3;1H2,(H,4,5)(H,6,7);;;. The van der Waals surface area contributed by atoms with Crippen LogP contribution in [0.2, 0.25) is 5.09 Å². The third-order valence-corrected chi connectivity index (χ3v) is 5.81. The van der Waals surface area contributed by atoms with Crippen molar-refractivity contribution in [2.24, 2.45) is 5.92 Å². The summed E-state index contributed by atoms with van der Waals surface area (Å²) in [7, 11) is 0. The number of carboxylic acids is 2. The Hall–Kier alpha value is 1.17. The fourth-order valence-corrected chi connectivity index (χ4v) is 3.82. The molecular weight excluding hydrogens is 410 g/mol. The summed E-state index contributed by atoms with van der Waals surface area (Å²) in [5.41, 5.74) is 0. The van der Waals surface area contributed by atoms with E-state index in [0.29, 0.717) is 0 Å². The van der Waals surface area contributed by atoms with Crippen LogP contribution in [-0.4, -0.2) is 91.3 Å². The molecule has 2 N–H and O–H groups in total. The summed E-state index contributed by atoms with van der Waals surface area (Å²) < 4.78 is 0. The van der Waals surface area contributed by atoms with Gasteiger partial charge in [-0.15, -0.1) is 0 Å². The summed E-state index contributed by atoms with van der Waals surface area (Å²) in [6.45, 7) is 4.61. The van der Waals surface area contributed by atoms with E-state index in [2.05, 4.69) is 31.6 Å². The van der Waals surface area contributed by atoms with Gasteiger partial charge in [-0.2, -0.15) is 0 Å². The molecule has 0 radical (unpaired) electrons. The van der Waals surface area contributed by atoms with Crippen molar-refractivity contribution in [3.63, 3.8) is 0 Å². The summed E-state index contributed by atoms with van der Waals surface area (Å²) in [4.78, 5) is 18.9. The molecule has 0 aliphatic heterocycles. The Morgan fingerprint density at radius 3 is 1.13 bits per heavy atom. The molecule has 0 amide bonds. The van der Waals surface area contributed by atoms with Crippen molar-refractivity contribution >= 4 is 81.0 Å². The van der Waals surface area contributed by atoms with Crippen LogP contribution < -0.4 is 0 Å². The molecule has 0 spiro atoms. The second-order valence-corrected chi connectivity index (χ2v) is 8.77. The molecule has 4 nitrogen and oxygen atoms in total. The van der Waals surface area contributed by atoms with Gasteiger partial charge in [0, 0.05) is 0 Å². The van der Waals surface area contributed by atoms with E-state index in [1.165, 1.54) is 121 Å². The van der Waals surface area contributed by atoms with E-state index in [4.69, 9.17) is 10.2 Å². The predicted molar refractivity (Wildman–Crippen MR) is 136 cm³/mol. The van der Waals surface area contributed by atoms with Gasteiger partial charge in [0.1, 0.15) is 6.42 Å². The minimum absolute atomic E-state index is 0. The summed E-state index contributed by atoms with van der Waals surface area (Å²) in [5, 5.41) is 16.8. The van der Waals surface area contributed by atoms with Crippen LogP contribution in [0.3, 0.4) is 0 Å². The van der Waals surface area contributed by atoms with Crippen LogP contribution in [0.15, 0.2) is 0 Å². The molecule has 0 aliphatic carbocycles. The van der Waals surface area contributed by atoms with Gasteiger partial charge < -0.3 is 10.2 Å². The third kappa shape index (κ3) is 35.9. The Morgan fingerprint density at radius 1 is 0.613 bits per heavy atom. The number of rotatable bonds is 21. The van der Waals surface area contributed by atoms with Crippen molar-refractivity contribution in [2.75, 3.05) is 0 Å². The van der Waals surface area contributed by atoms with Crippen LogP contribution in [0.5, 0.6) is 0 Å². The average Bonchev–Trinajstić information content (AvgIpc) is 2.69. The van der Waals surface area contributed by atoms with Gasteiger partial charge in [0.05, 0.1) is 0 Å². The fraction of sp³-hybridized carbons (Fsp3) is 0.920. The van der Waals surface area contributed by atoms with Crippen LogP contribution in [-0.2, 0) is 9.59 Å². The van der Waals surface area contributed by atoms with E-state index in [1.54, 1.807) is 0 Å². The summed E-state index contributed by atoms with van der Waals surface area (Å²) in [6, 6.07) is 0. The Labute approximate surface area is 245 Å². The van der Waals surface area contributed by atoms with Gasteiger partial charge in [-0.05, 0) is 0 Å². The van der Waals surface area contributed by atoms with Crippen molar-refractivity contribution in [3.05, 3.63) is 0 Å². The molecule has 0 bridgehead atoms. The first-order valence-electron chi connectivity index (χ1n) is 12.9. The van der Waals surface area contributed by atoms with E-state index in [9.17, 15) is 9.59 Å². The van der Waals surface area contributed by atoms with Gasteiger partial charge in [0.25, 0.3) is 0 Å². The first-order valence-corrected chi connectivity index (χ1v) is 12.9. The zero-order valence-corrected chi connectivity index (χ0v) is 20.4. The van der Waals surface area contributed by atoms with Crippen LogP contribution in [0.1, 0.15) is 136 Å². The predicted octanol–water partition coefficient (Wildman–Crippen LogP) is 7.15. The molecule has 176 valence electrons. The van der Waals surface area contributed by atoms with Crippen molar-refractivity contribution < 1.29 is 19.8 Å². The van der Waals surface area contributed by atoms with E-state index in [0.717, 1.165) is 5.92 Å². The van der Waals surface area contributed by atoms with Crippen LogP contribution >= 0.6 is 0 Å². The molecule has 31 heavy (non-hydrogen) atoms. The first kappa shape index (κ1) is 36.7. The first-order chi connectivity index (χ1) is 14.5. The van der Waals surface area contributed by atoms with Crippen molar-refractivity contribution in [1.82, 2.24) is 0 Å². The molecule has 0 heterocycles. The van der Waals surface area contributed by atoms with E-state index < -0.39 is 18.4 Å². The molecule has 6 heteroatoms. The molecule has 0 aromatic carbocycles. The Morgan fingerprint density at radius 2 is 0.903 bits per heavy atom. The van der Waals surface area contributed by atoms with Gasteiger partial charge in [-0.25, -0.2) is 0 Å². The average molecular weight is 461 g/mol. The van der Waals surface area contributed by atoms with Crippen LogP contribution in [0, 0.1) is 5.92 Å². The minimum atomic E-state index is -1.31. The normalized spacial score (nSPS) is 10.4. The van der Waals surface area contributed by atoms with Gasteiger partial charge in [0.15, 0.2) is 0 Å². The molecule has 0 unspecified atom stereocenters. The summed E-state index contributed by atoms with van der Waals surface area (Å²) >= 11 is 2.40. The molecule has 0 saturated carbocycles. The zero-order valence-electron chi connectivity index (χ0n) is 20.4. The van der Waals surface area contributed by atoms with E-state index in [-0.39, 0.29) is 51.4 Å². The molecule has 0 aromatic heterocycles. The molecule has 0 rings (SSSR count). The summed E-state index contributed by atoms with van der Waals surface area (Å²) in [5.74, 6) is -1.60. The molecule has 0 saturated heterocycles. The van der Waals surface area contributed by atoms with E-state index >= 15 is 0 Å². The molecular formula is C25H50KLiO4. The van der Waals surface area contributed by atoms with Crippen molar-refractivity contribution in [2.45, 2.75) is 141 Å². The zero-order chi connectivity index (χ0) is 22.9. The van der Waals surface area contributed by atoms with Gasteiger partial charge in [-0.1, -0.05) is 0 Å². The van der Waals surface area contributed by atoms with E-state index in [1.807, 2.05) is 0 Å². The monoisotopic (exact) mass is 460 g/mol. The molecule has 0 fully saturated rings. The Balaban J connectivity index is -0.000000840.